The summed E-state index contributed by atoms with van der Waals surface area (Å²) in [6.45, 7) is 5.68. The lowest BCUT2D eigenvalue weighted by atomic mass is 9.74. The molecule has 0 saturated carbocycles. The van der Waals surface area contributed by atoms with Crippen molar-refractivity contribution >= 4 is 11.9 Å². The minimum atomic E-state index is -0.929. The lowest BCUT2D eigenvalue weighted by Crippen LogP contribution is -2.33. The van der Waals surface area contributed by atoms with Gasteiger partial charge in [0.25, 0.3) is 0 Å². The Morgan fingerprint density at radius 2 is 1.38 bits per heavy atom. The van der Waals surface area contributed by atoms with Crippen molar-refractivity contribution < 1.29 is 19.8 Å². The molecule has 0 aliphatic heterocycles. The normalized spacial score (nSPS) is 13.1. The fourth-order valence-corrected chi connectivity index (χ4v) is 2.84. The van der Waals surface area contributed by atoms with Crippen molar-refractivity contribution in [3.05, 3.63) is 0 Å². The van der Waals surface area contributed by atoms with Gasteiger partial charge in [0.2, 0.25) is 0 Å². The van der Waals surface area contributed by atoms with Crippen LogP contribution in [0.25, 0.3) is 0 Å². The first-order chi connectivity index (χ1) is 9.81. The maximum atomic E-state index is 11.4. The molecule has 0 saturated heterocycles. The lowest BCUT2D eigenvalue weighted by molar-refractivity contribution is -0.149. The highest BCUT2D eigenvalue weighted by Crippen LogP contribution is 2.34. The van der Waals surface area contributed by atoms with Gasteiger partial charge >= 0.3 is 11.9 Å². The van der Waals surface area contributed by atoms with Crippen molar-refractivity contribution in [2.24, 2.45) is 11.3 Å². The molecular weight excluding hydrogens is 268 g/mol. The molecule has 0 fully saturated rings. The average molecular weight is 300 g/mol. The second kappa shape index (κ2) is 10.6. The number of carboxylic acid groups (broad SMARTS) is 2. The van der Waals surface area contributed by atoms with Crippen LogP contribution < -0.4 is 0 Å². The minimum Gasteiger partial charge on any atom is -0.481 e. The van der Waals surface area contributed by atoms with Crippen molar-refractivity contribution in [1.29, 1.82) is 0 Å². The number of aliphatic carboxylic acids is 2. The molecule has 21 heavy (non-hydrogen) atoms. The van der Waals surface area contributed by atoms with E-state index in [2.05, 4.69) is 6.92 Å². The predicted molar refractivity (Wildman–Crippen MR) is 84.4 cm³/mol. The van der Waals surface area contributed by atoms with Gasteiger partial charge in [-0.3, -0.25) is 9.59 Å². The number of carbonyl (C=O) groups is 2. The Labute approximate surface area is 128 Å². The monoisotopic (exact) mass is 300 g/mol. The van der Waals surface area contributed by atoms with Crippen LogP contribution in [0, 0.1) is 11.3 Å². The molecule has 0 aliphatic rings. The summed E-state index contributed by atoms with van der Waals surface area (Å²) in [6, 6.07) is 0. The smallest absolute Gasteiger partial charge is 0.307 e. The van der Waals surface area contributed by atoms with Gasteiger partial charge in [0, 0.05) is 0 Å². The Kier molecular flexibility index (Phi) is 10.1. The third kappa shape index (κ3) is 9.48. The maximum Gasteiger partial charge on any atom is 0.307 e. The Bertz CT molecular complexity index is 310. The first-order valence-electron chi connectivity index (χ1n) is 8.26. The molecule has 4 heteroatoms. The molecule has 124 valence electrons. The van der Waals surface area contributed by atoms with Crippen LogP contribution in [-0.2, 0) is 9.59 Å². The molecule has 0 radical (unpaired) electrons. The van der Waals surface area contributed by atoms with Crippen molar-refractivity contribution in [2.45, 2.75) is 85.0 Å². The predicted octanol–water partition coefficient (Wildman–Crippen LogP) is 4.72. The number of rotatable bonds is 13. The summed E-state index contributed by atoms with van der Waals surface area (Å²) in [5, 5.41) is 18.2. The van der Waals surface area contributed by atoms with E-state index in [9.17, 15) is 14.7 Å². The zero-order valence-corrected chi connectivity index (χ0v) is 13.9. The van der Waals surface area contributed by atoms with Gasteiger partial charge in [-0.2, -0.15) is 0 Å². The molecule has 0 bridgehead atoms. The minimum absolute atomic E-state index is 0.0962. The standard InChI is InChI=1S/C17H32O4/c1-4-5-6-7-8-9-10-11-12-14(16(20)21)17(2,3)13-15(18)19/h14H,4-13H2,1-3H3,(H,18,19)(H,20,21). The molecule has 0 amide bonds. The summed E-state index contributed by atoms with van der Waals surface area (Å²) >= 11 is 0. The molecular formula is C17H32O4. The SMILES string of the molecule is CCCCCCCCCCC(C(=O)O)C(C)(C)CC(=O)O. The van der Waals surface area contributed by atoms with E-state index in [1.807, 2.05) is 0 Å². The zero-order chi connectivity index (χ0) is 16.3. The molecule has 0 aromatic heterocycles. The zero-order valence-electron chi connectivity index (χ0n) is 13.9. The molecule has 0 aromatic rings. The van der Waals surface area contributed by atoms with Crippen LogP contribution >= 0.6 is 0 Å². The van der Waals surface area contributed by atoms with Crippen LogP contribution in [0.15, 0.2) is 0 Å². The third-order valence-electron chi connectivity index (χ3n) is 4.19. The average Bonchev–Trinajstić information content (AvgIpc) is 2.34. The van der Waals surface area contributed by atoms with E-state index in [0.29, 0.717) is 6.42 Å². The molecule has 1 atom stereocenters. The van der Waals surface area contributed by atoms with Gasteiger partial charge in [-0.15, -0.1) is 0 Å². The second-order valence-corrected chi connectivity index (χ2v) is 6.71. The number of unbranched alkanes of at least 4 members (excludes halogenated alkanes) is 7. The Morgan fingerprint density at radius 3 is 1.81 bits per heavy atom. The van der Waals surface area contributed by atoms with Gasteiger partial charge in [0.05, 0.1) is 12.3 Å². The fourth-order valence-electron chi connectivity index (χ4n) is 2.84. The summed E-state index contributed by atoms with van der Waals surface area (Å²) in [5.41, 5.74) is -0.696. The van der Waals surface area contributed by atoms with E-state index in [0.717, 1.165) is 19.3 Å². The summed E-state index contributed by atoms with van der Waals surface area (Å²) < 4.78 is 0. The van der Waals surface area contributed by atoms with Gasteiger partial charge < -0.3 is 10.2 Å². The molecule has 0 spiro atoms. The van der Waals surface area contributed by atoms with Crippen LogP contribution in [0.4, 0.5) is 0 Å². The Morgan fingerprint density at radius 1 is 0.905 bits per heavy atom. The first-order valence-corrected chi connectivity index (χ1v) is 8.26. The quantitative estimate of drug-likeness (QED) is 0.483. The van der Waals surface area contributed by atoms with Crippen LogP contribution in [0.3, 0.4) is 0 Å². The van der Waals surface area contributed by atoms with Gasteiger partial charge in [-0.1, -0.05) is 72.1 Å². The number of hydrogen-bond acceptors (Lipinski definition) is 2. The Hall–Kier alpha value is -1.06. The van der Waals surface area contributed by atoms with Gasteiger partial charge in [-0.05, 0) is 11.8 Å². The van der Waals surface area contributed by atoms with Crippen LogP contribution in [-0.4, -0.2) is 22.2 Å². The topological polar surface area (TPSA) is 74.6 Å². The highest BCUT2D eigenvalue weighted by atomic mass is 16.4. The van der Waals surface area contributed by atoms with Gasteiger partial charge in [0.15, 0.2) is 0 Å². The third-order valence-corrected chi connectivity index (χ3v) is 4.19. The second-order valence-electron chi connectivity index (χ2n) is 6.71. The number of carboxylic acids is 2. The molecule has 1 unspecified atom stereocenters. The molecule has 2 N–H and O–H groups in total. The van der Waals surface area contributed by atoms with E-state index in [1.54, 1.807) is 13.8 Å². The van der Waals surface area contributed by atoms with Crippen LogP contribution in [0.5, 0.6) is 0 Å². The van der Waals surface area contributed by atoms with Crippen molar-refractivity contribution in [2.75, 3.05) is 0 Å². The Balaban J connectivity index is 4.01. The summed E-state index contributed by atoms with van der Waals surface area (Å²) in [4.78, 5) is 22.2. The van der Waals surface area contributed by atoms with Crippen LogP contribution in [0.1, 0.15) is 85.0 Å². The fraction of sp³-hybridized carbons (Fsp3) is 0.882. The van der Waals surface area contributed by atoms with E-state index >= 15 is 0 Å². The van der Waals surface area contributed by atoms with Crippen LogP contribution in [0.2, 0.25) is 0 Å². The highest BCUT2D eigenvalue weighted by molar-refractivity contribution is 5.73. The summed E-state index contributed by atoms with van der Waals surface area (Å²) in [6.07, 6.45) is 9.86. The van der Waals surface area contributed by atoms with Gasteiger partial charge in [0.1, 0.15) is 0 Å². The largest absolute Gasteiger partial charge is 0.481 e. The highest BCUT2D eigenvalue weighted by Gasteiger charge is 2.36. The molecule has 0 aromatic carbocycles. The molecule has 0 heterocycles. The van der Waals surface area contributed by atoms with E-state index in [1.165, 1.54) is 32.1 Å². The van der Waals surface area contributed by atoms with Gasteiger partial charge in [-0.25, -0.2) is 0 Å². The first kappa shape index (κ1) is 19.9. The van der Waals surface area contributed by atoms with E-state index in [4.69, 9.17) is 5.11 Å². The van der Waals surface area contributed by atoms with Crippen molar-refractivity contribution in [3.8, 4) is 0 Å². The molecule has 4 nitrogen and oxygen atoms in total. The molecule has 0 aliphatic carbocycles. The summed E-state index contributed by atoms with van der Waals surface area (Å²) in [5.74, 6) is -2.37. The van der Waals surface area contributed by atoms with E-state index < -0.39 is 23.3 Å². The summed E-state index contributed by atoms with van der Waals surface area (Å²) in [7, 11) is 0. The number of hydrogen-bond donors (Lipinski definition) is 2. The lowest BCUT2D eigenvalue weighted by Gasteiger charge is -2.30. The van der Waals surface area contributed by atoms with Crippen molar-refractivity contribution in [1.82, 2.24) is 0 Å². The van der Waals surface area contributed by atoms with Crippen molar-refractivity contribution in [3.63, 3.8) is 0 Å². The molecule has 0 rings (SSSR count). The van der Waals surface area contributed by atoms with E-state index in [-0.39, 0.29) is 6.42 Å². The maximum absolute atomic E-state index is 11.4.